The van der Waals surface area contributed by atoms with Gasteiger partial charge < -0.3 is 14.9 Å². The highest BCUT2D eigenvalue weighted by molar-refractivity contribution is 5.50. The van der Waals surface area contributed by atoms with Crippen molar-refractivity contribution in [2.24, 2.45) is 0 Å². The van der Waals surface area contributed by atoms with Gasteiger partial charge in [0.05, 0.1) is 6.61 Å². The quantitative estimate of drug-likeness (QED) is 0.906. The third-order valence-corrected chi connectivity index (χ3v) is 3.80. The zero-order chi connectivity index (χ0) is 14.0. The van der Waals surface area contributed by atoms with E-state index in [4.69, 9.17) is 5.11 Å². The molecule has 1 atom stereocenters. The zero-order valence-electron chi connectivity index (χ0n) is 11.4. The van der Waals surface area contributed by atoms with Crippen molar-refractivity contribution in [1.82, 2.24) is 4.90 Å². The number of aliphatic hydroxyl groups is 1. The smallest absolute Gasteiger partial charge is 0.149 e. The molecule has 1 heterocycles. The Hall–Kier alpha value is -1.20. The number of hydrogen-bond acceptors (Lipinski definition) is 3. The molecule has 0 aromatic heterocycles. The Bertz CT molecular complexity index is 430. The predicted octanol–water partition coefficient (Wildman–Crippen LogP) is 1.99. The normalized spacial score (nSPS) is 19.9. The first-order chi connectivity index (χ1) is 9.02. The number of benzene rings is 1. The molecule has 0 amide bonds. The number of anilines is 1. The Balaban J connectivity index is 2.16. The molecule has 1 aliphatic heterocycles. The lowest BCUT2D eigenvalue weighted by atomic mass is 10.1. The molecule has 106 valence electrons. The van der Waals surface area contributed by atoms with E-state index in [1.54, 1.807) is 11.9 Å². The van der Waals surface area contributed by atoms with Gasteiger partial charge in [0.2, 0.25) is 0 Å². The average Bonchev–Trinajstić information content (AvgIpc) is 2.74. The maximum absolute atomic E-state index is 13.9. The van der Waals surface area contributed by atoms with Crippen LogP contribution in [-0.2, 0) is 6.61 Å². The number of likely N-dealkylation sites (tertiary alicyclic amines) is 1. The van der Waals surface area contributed by atoms with Crippen molar-refractivity contribution in [3.05, 3.63) is 29.3 Å². The number of likely N-dealkylation sites (N-methyl/N-ethyl adjacent to an activating group) is 2. The predicted molar refractivity (Wildman–Crippen MR) is 71.2 cm³/mol. The summed E-state index contributed by atoms with van der Waals surface area (Å²) in [5.41, 5.74) is 0.239. The Morgan fingerprint density at radius 2 is 2.00 bits per heavy atom. The summed E-state index contributed by atoms with van der Waals surface area (Å²) in [5.74, 6) is -1.24. The molecule has 1 aromatic rings. The summed E-state index contributed by atoms with van der Waals surface area (Å²) in [5, 5.41) is 8.93. The number of aliphatic hydroxyl groups excluding tert-OH is 1. The van der Waals surface area contributed by atoms with Crippen molar-refractivity contribution in [2.45, 2.75) is 25.5 Å². The number of hydrogen-bond donors (Lipinski definition) is 1. The third-order valence-electron chi connectivity index (χ3n) is 3.80. The van der Waals surface area contributed by atoms with Gasteiger partial charge in [-0.05, 0) is 44.1 Å². The van der Waals surface area contributed by atoms with E-state index in [2.05, 4.69) is 4.90 Å². The van der Waals surface area contributed by atoms with Crippen molar-refractivity contribution in [1.29, 1.82) is 0 Å². The van der Waals surface area contributed by atoms with Crippen LogP contribution in [0.1, 0.15) is 18.4 Å². The molecule has 3 nitrogen and oxygen atoms in total. The van der Waals surface area contributed by atoms with Gasteiger partial charge in [0.15, 0.2) is 0 Å². The van der Waals surface area contributed by atoms with Crippen LogP contribution >= 0.6 is 0 Å². The van der Waals surface area contributed by atoms with Crippen LogP contribution in [0.5, 0.6) is 0 Å². The SMILES string of the molecule is CN(CC1CCCN1C)c1c(F)cc(CO)cc1F. The van der Waals surface area contributed by atoms with Crippen molar-refractivity contribution >= 4 is 5.69 Å². The van der Waals surface area contributed by atoms with Crippen LogP contribution in [0, 0.1) is 11.6 Å². The van der Waals surface area contributed by atoms with Crippen LogP contribution in [0.4, 0.5) is 14.5 Å². The molecule has 1 aliphatic rings. The van der Waals surface area contributed by atoms with Crippen molar-refractivity contribution < 1.29 is 13.9 Å². The van der Waals surface area contributed by atoms with Crippen LogP contribution in [0.2, 0.25) is 0 Å². The second kappa shape index (κ2) is 5.84. The molecule has 19 heavy (non-hydrogen) atoms. The van der Waals surface area contributed by atoms with Crippen LogP contribution in [0.25, 0.3) is 0 Å². The first-order valence-electron chi connectivity index (χ1n) is 6.53. The summed E-state index contributed by atoms with van der Waals surface area (Å²) >= 11 is 0. The van der Waals surface area contributed by atoms with Crippen molar-refractivity contribution in [3.8, 4) is 0 Å². The molecule has 1 fully saturated rings. The average molecular weight is 270 g/mol. The van der Waals surface area contributed by atoms with E-state index in [1.807, 2.05) is 7.05 Å². The number of rotatable bonds is 4. The summed E-state index contributed by atoms with van der Waals surface area (Å²) in [7, 11) is 3.74. The molecular weight excluding hydrogens is 250 g/mol. The van der Waals surface area contributed by atoms with Gasteiger partial charge in [0.25, 0.3) is 0 Å². The van der Waals surface area contributed by atoms with E-state index in [0.29, 0.717) is 12.6 Å². The second-order valence-electron chi connectivity index (χ2n) is 5.22. The van der Waals surface area contributed by atoms with Gasteiger partial charge in [0.1, 0.15) is 17.3 Å². The van der Waals surface area contributed by atoms with Crippen molar-refractivity contribution in [2.75, 3.05) is 32.1 Å². The largest absolute Gasteiger partial charge is 0.392 e. The van der Waals surface area contributed by atoms with E-state index >= 15 is 0 Å². The molecule has 0 spiro atoms. The maximum atomic E-state index is 13.9. The minimum absolute atomic E-state index is 0.0162. The Morgan fingerprint density at radius 1 is 1.37 bits per heavy atom. The second-order valence-corrected chi connectivity index (χ2v) is 5.22. The molecule has 1 N–H and O–H groups in total. The van der Waals surface area contributed by atoms with Crippen LogP contribution in [0.3, 0.4) is 0 Å². The maximum Gasteiger partial charge on any atom is 0.149 e. The highest BCUT2D eigenvalue weighted by atomic mass is 19.1. The molecular formula is C14H20F2N2O. The van der Waals surface area contributed by atoms with E-state index in [0.717, 1.165) is 19.4 Å². The molecule has 1 aromatic carbocycles. The topological polar surface area (TPSA) is 26.7 Å². The monoisotopic (exact) mass is 270 g/mol. The van der Waals surface area contributed by atoms with Gasteiger partial charge in [0, 0.05) is 19.6 Å². The lowest BCUT2D eigenvalue weighted by molar-refractivity contribution is 0.280. The Labute approximate surface area is 112 Å². The van der Waals surface area contributed by atoms with E-state index in [-0.39, 0.29) is 17.9 Å². The zero-order valence-corrected chi connectivity index (χ0v) is 11.4. The summed E-state index contributed by atoms with van der Waals surface area (Å²) < 4.78 is 27.8. The number of nitrogens with zero attached hydrogens (tertiary/aromatic N) is 2. The fourth-order valence-corrected chi connectivity index (χ4v) is 2.69. The van der Waals surface area contributed by atoms with Gasteiger partial charge in [-0.15, -0.1) is 0 Å². The summed E-state index contributed by atoms with van der Waals surface area (Å²) in [6.07, 6.45) is 2.18. The standard InChI is InChI=1S/C14H20F2N2O/c1-17-5-3-4-11(17)8-18(2)14-12(15)6-10(9-19)7-13(14)16/h6-7,11,19H,3-5,8-9H2,1-2H3. The lowest BCUT2D eigenvalue weighted by Crippen LogP contribution is -2.37. The third kappa shape index (κ3) is 3.04. The summed E-state index contributed by atoms with van der Waals surface area (Å²) in [6, 6.07) is 2.71. The van der Waals surface area contributed by atoms with E-state index in [1.165, 1.54) is 12.1 Å². The highest BCUT2D eigenvalue weighted by Gasteiger charge is 2.24. The summed E-state index contributed by atoms with van der Waals surface area (Å²) in [6.45, 7) is 1.28. The van der Waals surface area contributed by atoms with Crippen LogP contribution < -0.4 is 4.90 Å². The van der Waals surface area contributed by atoms with Gasteiger partial charge >= 0.3 is 0 Å². The summed E-state index contributed by atoms with van der Waals surface area (Å²) in [4.78, 5) is 3.84. The van der Waals surface area contributed by atoms with Gasteiger partial charge in [-0.1, -0.05) is 0 Å². The number of halogens is 2. The van der Waals surface area contributed by atoms with Gasteiger partial charge in [-0.2, -0.15) is 0 Å². The lowest BCUT2D eigenvalue weighted by Gasteiger charge is -2.28. The molecule has 1 saturated heterocycles. The van der Waals surface area contributed by atoms with Crippen molar-refractivity contribution in [3.63, 3.8) is 0 Å². The first kappa shape index (κ1) is 14.2. The van der Waals surface area contributed by atoms with Gasteiger partial charge in [-0.25, -0.2) is 8.78 Å². The fourth-order valence-electron chi connectivity index (χ4n) is 2.69. The molecule has 0 aliphatic carbocycles. The molecule has 2 rings (SSSR count). The molecule has 0 radical (unpaired) electrons. The van der Waals surface area contributed by atoms with Crippen LogP contribution in [0.15, 0.2) is 12.1 Å². The molecule has 5 heteroatoms. The van der Waals surface area contributed by atoms with Crippen LogP contribution in [-0.4, -0.2) is 43.2 Å². The molecule has 0 bridgehead atoms. The molecule has 1 unspecified atom stereocenters. The highest BCUT2D eigenvalue weighted by Crippen LogP contribution is 2.26. The molecule has 0 saturated carbocycles. The van der Waals surface area contributed by atoms with E-state index in [9.17, 15) is 8.78 Å². The Morgan fingerprint density at radius 3 is 2.47 bits per heavy atom. The minimum atomic E-state index is -0.618. The fraction of sp³-hybridized carbons (Fsp3) is 0.571. The Kier molecular flexibility index (Phi) is 4.37. The first-order valence-corrected chi connectivity index (χ1v) is 6.53. The minimum Gasteiger partial charge on any atom is -0.392 e. The van der Waals surface area contributed by atoms with Gasteiger partial charge in [-0.3, -0.25) is 0 Å². The van der Waals surface area contributed by atoms with E-state index < -0.39 is 11.6 Å².